The molecule has 3 aromatic rings. The molecule has 0 spiro atoms. The molecule has 2 amide bonds. The summed E-state index contributed by atoms with van der Waals surface area (Å²) < 4.78 is 80.0. The monoisotopic (exact) mass is 498 g/mol. The summed E-state index contributed by atoms with van der Waals surface area (Å²) in [7, 11) is 0. The van der Waals surface area contributed by atoms with E-state index in [0.29, 0.717) is 6.07 Å². The minimum absolute atomic E-state index is 0.00724. The summed E-state index contributed by atoms with van der Waals surface area (Å²) in [6, 6.07) is 5.56. The molecular formula is C22H16F6N4O3. The van der Waals surface area contributed by atoms with Crippen molar-refractivity contribution < 1.29 is 40.7 Å². The number of nitrogens with one attached hydrogen (secondary N) is 2. The fraction of sp³-hybridized carbons (Fsp3) is 0.182. The summed E-state index contributed by atoms with van der Waals surface area (Å²) in [4.78, 5) is 36.9. The van der Waals surface area contributed by atoms with E-state index in [-0.39, 0.29) is 22.6 Å². The highest BCUT2D eigenvalue weighted by atomic mass is 19.4. The number of carbonyl (C=O) groups excluding carboxylic acids is 3. The number of aromatic nitrogens is 2. The van der Waals surface area contributed by atoms with Crippen molar-refractivity contribution in [1.82, 2.24) is 15.1 Å². The zero-order chi connectivity index (χ0) is 26.1. The lowest BCUT2D eigenvalue weighted by Crippen LogP contribution is -2.37. The van der Waals surface area contributed by atoms with Crippen LogP contribution < -0.4 is 10.6 Å². The number of aryl methyl sites for hydroxylation is 1. The topological polar surface area (TPSA) is 93.1 Å². The van der Waals surface area contributed by atoms with Crippen molar-refractivity contribution in [3.63, 3.8) is 0 Å². The molecule has 0 saturated carbocycles. The molecule has 0 aliphatic rings. The van der Waals surface area contributed by atoms with Crippen molar-refractivity contribution >= 4 is 23.3 Å². The Hall–Kier alpha value is -4.16. The standard InChI is InChI=1S/C22H16F6N4O3/c1-10-17(11(2)32(31-10)13-5-3-4-12(8-13)22(26,27)28)20(34)21(35)29-9-16(33)30-15-7-6-14(23)18(24)19(15)25/h3-8H,9H2,1-2H3,(H,29,35)(H,30,33). The average molecular weight is 498 g/mol. The molecule has 2 aromatic carbocycles. The van der Waals surface area contributed by atoms with E-state index in [1.54, 1.807) is 0 Å². The molecule has 0 saturated heterocycles. The van der Waals surface area contributed by atoms with Gasteiger partial charge in [0, 0.05) is 0 Å². The largest absolute Gasteiger partial charge is 0.416 e. The summed E-state index contributed by atoms with van der Waals surface area (Å²) in [6.07, 6.45) is -4.60. The Balaban J connectivity index is 1.73. The van der Waals surface area contributed by atoms with E-state index in [0.717, 1.165) is 28.9 Å². The normalized spacial score (nSPS) is 11.3. The van der Waals surface area contributed by atoms with E-state index in [2.05, 4.69) is 5.10 Å². The lowest BCUT2D eigenvalue weighted by molar-refractivity contribution is -0.137. The smallest absolute Gasteiger partial charge is 0.340 e. The Bertz CT molecular complexity index is 1330. The molecule has 3 rings (SSSR count). The number of hydrogen-bond acceptors (Lipinski definition) is 4. The van der Waals surface area contributed by atoms with Gasteiger partial charge in [-0.2, -0.15) is 18.3 Å². The fourth-order valence-corrected chi connectivity index (χ4v) is 3.21. The zero-order valence-electron chi connectivity index (χ0n) is 18.1. The van der Waals surface area contributed by atoms with E-state index in [9.17, 15) is 40.7 Å². The predicted molar refractivity (Wildman–Crippen MR) is 110 cm³/mol. The van der Waals surface area contributed by atoms with Gasteiger partial charge in [-0.1, -0.05) is 6.07 Å². The van der Waals surface area contributed by atoms with Crippen molar-refractivity contribution in [1.29, 1.82) is 0 Å². The average Bonchev–Trinajstić information content (AvgIpc) is 3.10. The minimum atomic E-state index is -4.60. The first kappa shape index (κ1) is 25.5. The molecular weight excluding hydrogens is 482 g/mol. The molecule has 35 heavy (non-hydrogen) atoms. The number of hydrogen-bond donors (Lipinski definition) is 2. The summed E-state index contributed by atoms with van der Waals surface area (Å²) >= 11 is 0. The number of benzene rings is 2. The molecule has 1 aromatic heterocycles. The first-order chi connectivity index (χ1) is 16.3. The first-order valence-electron chi connectivity index (χ1n) is 9.81. The van der Waals surface area contributed by atoms with Gasteiger partial charge in [-0.25, -0.2) is 17.9 Å². The number of amides is 2. The third-order valence-electron chi connectivity index (χ3n) is 4.86. The summed E-state index contributed by atoms with van der Waals surface area (Å²) in [5.41, 5.74) is -1.66. The van der Waals surface area contributed by atoms with Crippen molar-refractivity contribution in [3.05, 3.63) is 76.4 Å². The van der Waals surface area contributed by atoms with Crippen molar-refractivity contribution in [3.8, 4) is 5.69 Å². The van der Waals surface area contributed by atoms with Crippen LogP contribution in [-0.4, -0.2) is 33.9 Å². The second-order valence-corrected chi connectivity index (χ2v) is 7.29. The number of nitrogens with zero attached hydrogens (tertiary/aromatic N) is 2. The SMILES string of the molecule is Cc1nn(-c2cccc(C(F)(F)F)c2)c(C)c1C(=O)C(=O)NCC(=O)Nc1ccc(F)c(F)c1F. The van der Waals surface area contributed by atoms with E-state index in [1.165, 1.54) is 19.9 Å². The van der Waals surface area contributed by atoms with E-state index in [1.807, 2.05) is 10.6 Å². The Morgan fingerprint density at radius 3 is 2.34 bits per heavy atom. The van der Waals surface area contributed by atoms with Crippen LogP contribution in [0, 0.1) is 31.3 Å². The van der Waals surface area contributed by atoms with Gasteiger partial charge >= 0.3 is 6.18 Å². The molecule has 0 bridgehead atoms. The number of alkyl halides is 3. The summed E-state index contributed by atoms with van der Waals surface area (Å²) in [6.45, 7) is 1.93. The van der Waals surface area contributed by atoms with Crippen LogP contribution in [0.4, 0.5) is 32.0 Å². The van der Waals surface area contributed by atoms with E-state index in [4.69, 9.17) is 0 Å². The van der Waals surface area contributed by atoms with Crippen LogP contribution in [0.25, 0.3) is 5.69 Å². The number of halogens is 6. The highest BCUT2D eigenvalue weighted by Gasteiger charge is 2.31. The molecule has 0 aliphatic heterocycles. The molecule has 184 valence electrons. The summed E-state index contributed by atoms with van der Waals surface area (Å²) in [5.74, 6) is -8.31. The van der Waals surface area contributed by atoms with Gasteiger partial charge in [0.05, 0.1) is 40.4 Å². The van der Waals surface area contributed by atoms with Gasteiger partial charge in [0.15, 0.2) is 17.5 Å². The second-order valence-electron chi connectivity index (χ2n) is 7.29. The van der Waals surface area contributed by atoms with Gasteiger partial charge in [-0.3, -0.25) is 14.4 Å². The zero-order valence-corrected chi connectivity index (χ0v) is 18.1. The van der Waals surface area contributed by atoms with Crippen molar-refractivity contribution in [2.24, 2.45) is 0 Å². The highest BCUT2D eigenvalue weighted by Crippen LogP contribution is 2.31. The first-order valence-corrected chi connectivity index (χ1v) is 9.81. The number of rotatable bonds is 6. The maximum absolute atomic E-state index is 13.6. The van der Waals surface area contributed by atoms with Gasteiger partial charge < -0.3 is 10.6 Å². The Labute approximate surface area is 193 Å². The second kappa shape index (κ2) is 9.60. The Morgan fingerprint density at radius 1 is 1.00 bits per heavy atom. The van der Waals surface area contributed by atoms with Gasteiger partial charge in [0.1, 0.15) is 0 Å². The molecule has 0 unspecified atom stereocenters. The Kier molecular flexibility index (Phi) is 6.99. The maximum atomic E-state index is 13.6. The summed E-state index contributed by atoms with van der Waals surface area (Å²) in [5, 5.41) is 7.97. The van der Waals surface area contributed by atoms with Gasteiger partial charge in [-0.15, -0.1) is 0 Å². The lowest BCUT2D eigenvalue weighted by atomic mass is 10.1. The molecule has 0 aliphatic carbocycles. The Morgan fingerprint density at radius 2 is 1.69 bits per heavy atom. The number of carbonyl (C=O) groups is 3. The third kappa shape index (κ3) is 5.34. The van der Waals surface area contributed by atoms with Crippen molar-refractivity contribution in [2.45, 2.75) is 20.0 Å². The molecule has 0 atom stereocenters. The molecule has 0 radical (unpaired) electrons. The van der Waals surface area contributed by atoms with Crippen LogP contribution in [0.1, 0.15) is 27.3 Å². The van der Waals surface area contributed by atoms with E-state index < -0.39 is 59.0 Å². The maximum Gasteiger partial charge on any atom is 0.416 e. The van der Waals surface area contributed by atoms with E-state index >= 15 is 0 Å². The molecule has 2 N–H and O–H groups in total. The van der Waals surface area contributed by atoms with Crippen LogP contribution in [0.3, 0.4) is 0 Å². The van der Waals surface area contributed by atoms with Crippen LogP contribution in [0.15, 0.2) is 36.4 Å². The number of Topliss-reactive ketones (excluding diaryl/α,β-unsaturated/α-hetero) is 1. The highest BCUT2D eigenvalue weighted by molar-refractivity contribution is 6.43. The van der Waals surface area contributed by atoms with Gasteiger partial charge in [0.25, 0.3) is 11.7 Å². The van der Waals surface area contributed by atoms with Crippen LogP contribution >= 0.6 is 0 Å². The van der Waals surface area contributed by atoms with Crippen LogP contribution in [-0.2, 0) is 15.8 Å². The van der Waals surface area contributed by atoms with Gasteiger partial charge in [-0.05, 0) is 44.2 Å². The molecule has 0 fully saturated rings. The third-order valence-corrected chi connectivity index (χ3v) is 4.86. The number of anilines is 1. The lowest BCUT2D eigenvalue weighted by Gasteiger charge is -2.10. The molecule has 7 nitrogen and oxygen atoms in total. The number of ketones is 1. The quantitative estimate of drug-likeness (QED) is 0.234. The molecule has 13 heteroatoms. The van der Waals surface area contributed by atoms with Crippen molar-refractivity contribution in [2.75, 3.05) is 11.9 Å². The van der Waals surface area contributed by atoms with Crippen LogP contribution in [0.2, 0.25) is 0 Å². The molecule has 1 heterocycles. The fourth-order valence-electron chi connectivity index (χ4n) is 3.21. The minimum Gasteiger partial charge on any atom is -0.340 e. The van der Waals surface area contributed by atoms with Crippen LogP contribution in [0.5, 0.6) is 0 Å². The predicted octanol–water partition coefficient (Wildman–Crippen LogP) is 3.86. The van der Waals surface area contributed by atoms with Gasteiger partial charge in [0.2, 0.25) is 5.91 Å².